The Balaban J connectivity index is 1.92. The summed E-state index contributed by atoms with van der Waals surface area (Å²) >= 11 is 0. The molecule has 3 atom stereocenters. The molecule has 1 aromatic carbocycles. The minimum atomic E-state index is 0.0335. The third-order valence-electron chi connectivity index (χ3n) is 5.67. The van der Waals surface area contributed by atoms with E-state index in [-0.39, 0.29) is 10.1 Å². The number of fused-ring (bicyclic) bond motifs is 2. The van der Waals surface area contributed by atoms with E-state index in [1.54, 1.807) is 7.11 Å². The van der Waals surface area contributed by atoms with Crippen LogP contribution in [-0.2, 0) is 5.41 Å². The van der Waals surface area contributed by atoms with Crippen molar-refractivity contribution in [3.8, 4) is 5.75 Å². The van der Waals surface area contributed by atoms with Gasteiger partial charge < -0.3 is 14.6 Å². The van der Waals surface area contributed by atoms with Gasteiger partial charge in [-0.25, -0.2) is 0 Å². The predicted molar refractivity (Wildman–Crippen MR) is 80.6 cm³/mol. The van der Waals surface area contributed by atoms with Crippen LogP contribution in [0.2, 0.25) is 0 Å². The Morgan fingerprint density at radius 2 is 2.25 bits per heavy atom. The lowest BCUT2D eigenvalue weighted by Crippen LogP contribution is -2.60. The molecule has 1 saturated heterocycles. The van der Waals surface area contributed by atoms with E-state index in [4.69, 9.17) is 4.74 Å². The molecule has 2 bridgehead atoms. The maximum Gasteiger partial charge on any atom is 0.119 e. The van der Waals surface area contributed by atoms with Crippen molar-refractivity contribution in [2.75, 3.05) is 20.2 Å². The molecule has 2 aliphatic rings. The van der Waals surface area contributed by atoms with Gasteiger partial charge in [-0.05, 0) is 43.9 Å². The molecule has 0 N–H and O–H groups in total. The van der Waals surface area contributed by atoms with Crippen LogP contribution in [0.1, 0.15) is 44.6 Å². The number of hydroxylamine groups is 3. The van der Waals surface area contributed by atoms with Crippen LogP contribution in [0, 0.1) is 5.21 Å². The van der Waals surface area contributed by atoms with Gasteiger partial charge >= 0.3 is 0 Å². The SMILES string of the molecule is CC[N+]1([O-])CCC2(c3cccc(OC)c3)CCCC1C2. The molecule has 1 heterocycles. The first kappa shape index (κ1) is 13.9. The van der Waals surface area contributed by atoms with Gasteiger partial charge in [0.15, 0.2) is 0 Å². The molecule has 3 nitrogen and oxygen atoms in total. The molecule has 110 valence electrons. The average Bonchev–Trinajstić information content (AvgIpc) is 2.52. The number of rotatable bonds is 3. The summed E-state index contributed by atoms with van der Waals surface area (Å²) in [5, 5.41) is 12.8. The molecule has 1 aliphatic carbocycles. The maximum absolute atomic E-state index is 12.8. The van der Waals surface area contributed by atoms with E-state index in [0.717, 1.165) is 38.1 Å². The molecule has 0 spiro atoms. The molecule has 1 aliphatic heterocycles. The molecule has 1 aromatic rings. The van der Waals surface area contributed by atoms with Crippen LogP contribution in [0.15, 0.2) is 24.3 Å². The fourth-order valence-corrected chi connectivity index (χ4v) is 4.32. The van der Waals surface area contributed by atoms with Crippen LogP contribution in [0.25, 0.3) is 0 Å². The zero-order chi connectivity index (χ0) is 14.2. The smallest absolute Gasteiger partial charge is 0.119 e. The summed E-state index contributed by atoms with van der Waals surface area (Å²) in [6.45, 7) is 3.54. The van der Waals surface area contributed by atoms with Crippen LogP contribution in [0.4, 0.5) is 0 Å². The summed E-state index contributed by atoms with van der Waals surface area (Å²) in [7, 11) is 1.72. The summed E-state index contributed by atoms with van der Waals surface area (Å²) in [4.78, 5) is 0. The van der Waals surface area contributed by atoms with Gasteiger partial charge in [0.2, 0.25) is 0 Å². The molecule has 0 radical (unpaired) electrons. The molecular formula is C17H25NO2. The van der Waals surface area contributed by atoms with E-state index in [1.165, 1.54) is 18.4 Å². The summed E-state index contributed by atoms with van der Waals surface area (Å²) < 4.78 is 5.41. The third-order valence-corrected chi connectivity index (χ3v) is 5.67. The second-order valence-corrected chi connectivity index (χ2v) is 6.50. The summed E-state index contributed by atoms with van der Waals surface area (Å²) in [5.41, 5.74) is 1.60. The highest BCUT2D eigenvalue weighted by Gasteiger charge is 2.48. The lowest BCUT2D eigenvalue weighted by molar-refractivity contribution is -0.912. The highest BCUT2D eigenvalue weighted by molar-refractivity contribution is 5.35. The highest BCUT2D eigenvalue weighted by atomic mass is 16.5. The summed E-state index contributed by atoms with van der Waals surface area (Å²) in [6, 6.07) is 8.79. The normalized spacial score (nSPS) is 36.6. The van der Waals surface area contributed by atoms with Crippen molar-refractivity contribution in [1.82, 2.24) is 0 Å². The Hall–Kier alpha value is -1.06. The number of benzene rings is 1. The Kier molecular flexibility index (Phi) is 3.51. The van der Waals surface area contributed by atoms with Crippen molar-refractivity contribution in [2.24, 2.45) is 0 Å². The minimum absolute atomic E-state index is 0.0335. The molecule has 3 rings (SSSR count). The van der Waals surface area contributed by atoms with Crippen LogP contribution in [0.5, 0.6) is 5.75 Å². The zero-order valence-electron chi connectivity index (χ0n) is 12.6. The standard InChI is InChI=1S/C17H25NO2/c1-3-18(19)11-10-17(9-5-7-15(18)13-17)14-6-4-8-16(12-14)20-2/h4,6,8,12,15H,3,5,7,9-11,13H2,1-2H3. The number of hydrogen-bond acceptors (Lipinski definition) is 2. The van der Waals surface area contributed by atoms with Gasteiger partial charge in [-0.2, -0.15) is 0 Å². The average molecular weight is 275 g/mol. The van der Waals surface area contributed by atoms with Crippen molar-refractivity contribution in [3.63, 3.8) is 0 Å². The number of hydrogen-bond donors (Lipinski definition) is 0. The van der Waals surface area contributed by atoms with Gasteiger partial charge in [-0.3, -0.25) is 0 Å². The number of piperidine rings is 1. The van der Waals surface area contributed by atoms with Crippen LogP contribution >= 0.6 is 0 Å². The van der Waals surface area contributed by atoms with Crippen LogP contribution in [-0.4, -0.2) is 30.9 Å². The fourth-order valence-electron chi connectivity index (χ4n) is 4.32. The molecule has 3 heteroatoms. The van der Waals surface area contributed by atoms with Gasteiger partial charge in [-0.1, -0.05) is 12.1 Å². The Labute approximate surface area is 121 Å². The lowest BCUT2D eigenvalue weighted by Gasteiger charge is -2.59. The highest BCUT2D eigenvalue weighted by Crippen LogP contribution is 2.49. The second-order valence-electron chi connectivity index (χ2n) is 6.50. The first-order chi connectivity index (χ1) is 9.62. The molecule has 0 aromatic heterocycles. The molecule has 2 fully saturated rings. The molecule has 1 saturated carbocycles. The zero-order valence-corrected chi connectivity index (χ0v) is 12.6. The summed E-state index contributed by atoms with van der Waals surface area (Å²) in [5.74, 6) is 0.933. The third kappa shape index (κ3) is 2.13. The molecule has 3 unspecified atom stereocenters. The van der Waals surface area contributed by atoms with Gasteiger partial charge in [0, 0.05) is 18.3 Å². The first-order valence-corrected chi connectivity index (χ1v) is 7.84. The maximum atomic E-state index is 12.8. The van der Waals surface area contributed by atoms with Crippen molar-refractivity contribution in [1.29, 1.82) is 0 Å². The Morgan fingerprint density at radius 3 is 3.00 bits per heavy atom. The molecule has 20 heavy (non-hydrogen) atoms. The van der Waals surface area contributed by atoms with Gasteiger partial charge in [0.1, 0.15) is 5.75 Å². The van der Waals surface area contributed by atoms with Crippen molar-refractivity contribution < 1.29 is 9.38 Å². The van der Waals surface area contributed by atoms with Gasteiger partial charge in [-0.15, -0.1) is 0 Å². The van der Waals surface area contributed by atoms with E-state index in [9.17, 15) is 5.21 Å². The summed E-state index contributed by atoms with van der Waals surface area (Å²) in [6.07, 6.45) is 5.58. The number of likely N-dealkylation sites (tertiary alicyclic amines) is 1. The van der Waals surface area contributed by atoms with Gasteiger partial charge in [0.05, 0.1) is 26.2 Å². The molecular weight excluding hydrogens is 250 g/mol. The minimum Gasteiger partial charge on any atom is -0.633 e. The van der Waals surface area contributed by atoms with Crippen molar-refractivity contribution >= 4 is 0 Å². The number of quaternary nitrogens is 1. The number of methoxy groups -OCH3 is 1. The van der Waals surface area contributed by atoms with E-state index >= 15 is 0 Å². The largest absolute Gasteiger partial charge is 0.633 e. The topological polar surface area (TPSA) is 32.3 Å². The number of nitrogens with zero attached hydrogens (tertiary/aromatic N) is 1. The van der Waals surface area contributed by atoms with E-state index in [1.807, 2.05) is 13.0 Å². The van der Waals surface area contributed by atoms with E-state index < -0.39 is 0 Å². The first-order valence-electron chi connectivity index (χ1n) is 7.84. The fraction of sp³-hybridized carbons (Fsp3) is 0.647. The lowest BCUT2D eigenvalue weighted by atomic mass is 9.63. The monoisotopic (exact) mass is 275 g/mol. The van der Waals surface area contributed by atoms with Crippen molar-refractivity contribution in [2.45, 2.75) is 50.5 Å². The van der Waals surface area contributed by atoms with Crippen LogP contribution in [0.3, 0.4) is 0 Å². The van der Waals surface area contributed by atoms with Gasteiger partial charge in [0.25, 0.3) is 0 Å². The number of ether oxygens (including phenoxy) is 1. The quantitative estimate of drug-likeness (QED) is 0.623. The second kappa shape index (κ2) is 5.05. The van der Waals surface area contributed by atoms with Crippen LogP contribution < -0.4 is 4.74 Å². The molecule has 0 amide bonds. The van der Waals surface area contributed by atoms with E-state index in [0.29, 0.717) is 6.04 Å². The Morgan fingerprint density at radius 1 is 1.40 bits per heavy atom. The van der Waals surface area contributed by atoms with E-state index in [2.05, 4.69) is 18.2 Å². The van der Waals surface area contributed by atoms with Crippen molar-refractivity contribution in [3.05, 3.63) is 35.0 Å². The predicted octanol–water partition coefficient (Wildman–Crippen LogP) is 3.61. The Bertz CT molecular complexity index is 490.